The Morgan fingerprint density at radius 3 is 2.10 bits per heavy atom. The summed E-state index contributed by atoms with van der Waals surface area (Å²) in [5.41, 5.74) is -7.20. The van der Waals surface area contributed by atoms with Crippen LogP contribution in [0.25, 0.3) is 0 Å². The van der Waals surface area contributed by atoms with Crippen LogP contribution in [0.3, 0.4) is 0 Å². The molecule has 1 atom stereocenters. The van der Waals surface area contributed by atoms with Crippen molar-refractivity contribution in [3.63, 3.8) is 0 Å². The number of benzene rings is 1. The van der Waals surface area contributed by atoms with Crippen LogP contribution in [0, 0.1) is 0 Å². The summed E-state index contributed by atoms with van der Waals surface area (Å²) >= 11 is 0. The molecule has 1 aromatic carbocycles. The SMILES string of the molecule is CC(C)(C)OC(=O)N1CCN(c2ncc(C(O)(C(F)(F)F)C(F)(F)F)cn2)C(CNS(=O)(=O)Cc2ccccc2)C1. The van der Waals surface area contributed by atoms with E-state index in [-0.39, 0.29) is 50.3 Å². The van der Waals surface area contributed by atoms with Crippen molar-refractivity contribution in [1.82, 2.24) is 19.6 Å². The number of halogens is 6. The first-order valence-electron chi connectivity index (χ1n) is 12.2. The maximum Gasteiger partial charge on any atom is 0.430 e. The molecule has 3 rings (SSSR count). The third kappa shape index (κ3) is 7.77. The lowest BCUT2D eigenvalue weighted by Crippen LogP contribution is -2.59. The Morgan fingerprint density at radius 2 is 1.59 bits per heavy atom. The van der Waals surface area contributed by atoms with E-state index in [9.17, 15) is 44.7 Å². The van der Waals surface area contributed by atoms with Crippen molar-refractivity contribution in [2.24, 2.45) is 0 Å². The molecule has 10 nitrogen and oxygen atoms in total. The Bertz CT molecular complexity index is 1290. The van der Waals surface area contributed by atoms with Gasteiger partial charge in [0.2, 0.25) is 16.0 Å². The van der Waals surface area contributed by atoms with E-state index >= 15 is 0 Å². The highest BCUT2D eigenvalue weighted by molar-refractivity contribution is 7.88. The summed E-state index contributed by atoms with van der Waals surface area (Å²) in [5, 5.41) is 9.61. The van der Waals surface area contributed by atoms with Gasteiger partial charge in [-0.25, -0.2) is 27.9 Å². The van der Waals surface area contributed by atoms with E-state index in [0.29, 0.717) is 5.56 Å². The molecule has 1 unspecified atom stereocenters. The predicted octanol–water partition coefficient (Wildman–Crippen LogP) is 3.33. The number of sulfonamides is 1. The van der Waals surface area contributed by atoms with Crippen LogP contribution in [0.1, 0.15) is 31.9 Å². The molecule has 1 aliphatic heterocycles. The summed E-state index contributed by atoms with van der Waals surface area (Å²) in [6.07, 6.45) is -12.5. The summed E-state index contributed by atoms with van der Waals surface area (Å²) in [7, 11) is -3.90. The van der Waals surface area contributed by atoms with Crippen LogP contribution in [0.5, 0.6) is 0 Å². The quantitative estimate of drug-likeness (QED) is 0.456. The van der Waals surface area contributed by atoms with Crippen molar-refractivity contribution in [2.45, 2.75) is 56.1 Å². The van der Waals surface area contributed by atoms with E-state index in [1.54, 1.807) is 51.1 Å². The number of carbonyl (C=O) groups is 1. The van der Waals surface area contributed by atoms with E-state index in [1.807, 2.05) is 0 Å². The third-order valence-corrected chi connectivity index (χ3v) is 7.33. The van der Waals surface area contributed by atoms with Gasteiger partial charge in [-0.15, -0.1) is 0 Å². The molecule has 2 heterocycles. The number of nitrogens with zero attached hydrogens (tertiary/aromatic N) is 4. The van der Waals surface area contributed by atoms with Gasteiger partial charge in [-0.3, -0.25) is 0 Å². The molecular weight excluding hydrogens is 584 g/mol. The van der Waals surface area contributed by atoms with Crippen LogP contribution in [-0.4, -0.2) is 84.7 Å². The number of aromatic nitrogens is 2. The molecule has 1 saturated heterocycles. The maximum absolute atomic E-state index is 13.3. The van der Waals surface area contributed by atoms with Crippen LogP contribution in [0.15, 0.2) is 42.7 Å². The third-order valence-electron chi connectivity index (χ3n) is 6.01. The molecule has 228 valence electrons. The second-order valence-corrected chi connectivity index (χ2v) is 12.2. The van der Waals surface area contributed by atoms with E-state index < -0.39 is 51.3 Å². The van der Waals surface area contributed by atoms with Gasteiger partial charge in [0, 0.05) is 44.1 Å². The standard InChI is InChI=1S/C24H29F6N5O5S/c1-21(2,3)40-20(36)34-9-10-35(18(14-34)13-33-41(38,39)15-16-7-5-4-6-8-16)19-31-11-17(12-32-19)22(37,23(25,26)27)24(28,29)30/h4-8,11-12,18,33,37H,9-10,13-15H2,1-3H3. The number of nitrogens with one attached hydrogen (secondary N) is 1. The summed E-state index contributed by atoms with van der Waals surface area (Å²) < 4.78 is 113. The zero-order valence-corrected chi connectivity index (χ0v) is 23.0. The average molecular weight is 614 g/mol. The van der Waals surface area contributed by atoms with Crippen LogP contribution < -0.4 is 9.62 Å². The molecule has 2 N–H and O–H groups in total. The number of carbonyl (C=O) groups excluding carboxylic acids is 1. The molecule has 41 heavy (non-hydrogen) atoms. The van der Waals surface area contributed by atoms with Gasteiger partial charge in [0.25, 0.3) is 5.60 Å². The van der Waals surface area contributed by atoms with Crippen molar-refractivity contribution < 1.29 is 49.4 Å². The highest BCUT2D eigenvalue weighted by Gasteiger charge is 2.71. The minimum Gasteiger partial charge on any atom is -0.444 e. The molecule has 1 amide bonds. The average Bonchev–Trinajstić information content (AvgIpc) is 2.85. The molecule has 0 spiro atoms. The van der Waals surface area contributed by atoms with Gasteiger partial charge in [0.1, 0.15) is 5.60 Å². The van der Waals surface area contributed by atoms with E-state index in [0.717, 1.165) is 0 Å². The lowest BCUT2D eigenvalue weighted by molar-refractivity contribution is -0.376. The van der Waals surface area contributed by atoms with Gasteiger partial charge in [0.15, 0.2) is 0 Å². The molecular formula is C24H29F6N5O5S. The largest absolute Gasteiger partial charge is 0.444 e. The second kappa shape index (κ2) is 11.6. The molecule has 17 heteroatoms. The summed E-state index contributed by atoms with van der Waals surface area (Å²) in [4.78, 5) is 22.6. The van der Waals surface area contributed by atoms with E-state index in [4.69, 9.17) is 4.74 Å². The van der Waals surface area contributed by atoms with Crippen LogP contribution >= 0.6 is 0 Å². The number of hydrogen-bond donors (Lipinski definition) is 2. The Hall–Kier alpha value is -3.18. The predicted molar refractivity (Wildman–Crippen MR) is 134 cm³/mol. The van der Waals surface area contributed by atoms with Crippen LogP contribution in [0.4, 0.5) is 37.1 Å². The molecule has 1 aliphatic rings. The molecule has 0 saturated carbocycles. The first kappa shape index (κ1) is 32.3. The van der Waals surface area contributed by atoms with Crippen molar-refractivity contribution in [1.29, 1.82) is 0 Å². The fraction of sp³-hybridized carbons (Fsp3) is 0.542. The summed E-state index contributed by atoms with van der Waals surface area (Å²) in [5.74, 6) is -0.703. The van der Waals surface area contributed by atoms with Crippen molar-refractivity contribution in [3.05, 3.63) is 53.9 Å². The molecule has 0 radical (unpaired) electrons. The fourth-order valence-corrected chi connectivity index (χ4v) is 5.18. The smallest absolute Gasteiger partial charge is 0.430 e. The number of ether oxygens (including phenoxy) is 1. The zero-order valence-electron chi connectivity index (χ0n) is 22.2. The first-order chi connectivity index (χ1) is 18.7. The van der Waals surface area contributed by atoms with Gasteiger partial charge >= 0.3 is 18.4 Å². The van der Waals surface area contributed by atoms with Gasteiger partial charge in [-0.2, -0.15) is 26.3 Å². The molecule has 0 aliphatic carbocycles. The second-order valence-electron chi connectivity index (χ2n) is 10.3. The topological polar surface area (TPSA) is 125 Å². The van der Waals surface area contributed by atoms with Crippen molar-refractivity contribution in [2.75, 3.05) is 31.1 Å². The Labute approximate surface area is 232 Å². The monoisotopic (exact) mass is 613 g/mol. The fourth-order valence-electron chi connectivity index (χ4n) is 4.00. The zero-order chi connectivity index (χ0) is 30.9. The molecule has 2 aromatic rings. The van der Waals surface area contributed by atoms with Crippen molar-refractivity contribution in [3.8, 4) is 0 Å². The van der Waals surface area contributed by atoms with E-state index in [2.05, 4.69) is 14.7 Å². The van der Waals surface area contributed by atoms with Gasteiger partial charge < -0.3 is 19.6 Å². The highest BCUT2D eigenvalue weighted by Crippen LogP contribution is 2.49. The first-order valence-corrected chi connectivity index (χ1v) is 13.8. The normalized spacial score (nSPS) is 17.5. The summed E-state index contributed by atoms with van der Waals surface area (Å²) in [6, 6.07) is 7.35. The number of hydrogen-bond acceptors (Lipinski definition) is 8. The van der Waals surface area contributed by atoms with Crippen molar-refractivity contribution >= 4 is 22.1 Å². The summed E-state index contributed by atoms with van der Waals surface area (Å²) in [6.45, 7) is 4.44. The minimum atomic E-state index is -6.12. The minimum absolute atomic E-state index is 0.00231. The Kier molecular flexibility index (Phi) is 9.15. The number of aliphatic hydroxyl groups is 1. The van der Waals surface area contributed by atoms with Gasteiger partial charge in [0.05, 0.1) is 11.8 Å². The Morgan fingerprint density at radius 1 is 1.02 bits per heavy atom. The lowest BCUT2D eigenvalue weighted by Gasteiger charge is -2.41. The number of rotatable bonds is 7. The number of alkyl halides is 6. The maximum atomic E-state index is 13.3. The number of anilines is 1. The number of piperazine rings is 1. The van der Waals surface area contributed by atoms with E-state index in [1.165, 1.54) is 9.80 Å². The Balaban J connectivity index is 1.88. The van der Waals surface area contributed by atoms with Crippen LogP contribution in [-0.2, 0) is 26.1 Å². The van der Waals surface area contributed by atoms with Gasteiger partial charge in [-0.05, 0) is 26.3 Å². The molecule has 1 fully saturated rings. The lowest BCUT2D eigenvalue weighted by atomic mass is 9.95. The molecule has 1 aromatic heterocycles. The number of amides is 1. The van der Waals surface area contributed by atoms with Crippen LogP contribution in [0.2, 0.25) is 0 Å². The van der Waals surface area contributed by atoms with Gasteiger partial charge in [-0.1, -0.05) is 30.3 Å². The highest BCUT2D eigenvalue weighted by atomic mass is 32.2. The molecule has 0 bridgehead atoms.